The van der Waals surface area contributed by atoms with Crippen molar-refractivity contribution in [2.75, 3.05) is 39.0 Å². The zero-order chi connectivity index (χ0) is 12.8. The summed E-state index contributed by atoms with van der Waals surface area (Å²) >= 11 is 0. The van der Waals surface area contributed by atoms with Gasteiger partial charge in [-0.2, -0.15) is 4.31 Å². The topological polar surface area (TPSA) is 40.6 Å². The van der Waals surface area contributed by atoms with Gasteiger partial charge in [-0.25, -0.2) is 8.42 Å². The molecule has 5 heteroatoms. The fourth-order valence-corrected chi connectivity index (χ4v) is 4.51. The molecule has 2 aliphatic carbocycles. The highest BCUT2D eigenvalue weighted by Crippen LogP contribution is 2.43. The number of hydrogen-bond donors (Lipinski definition) is 0. The molecule has 3 aliphatic rings. The fourth-order valence-electron chi connectivity index (χ4n) is 3.68. The van der Waals surface area contributed by atoms with Crippen molar-refractivity contribution in [1.82, 2.24) is 9.21 Å². The van der Waals surface area contributed by atoms with Gasteiger partial charge >= 0.3 is 0 Å². The lowest BCUT2D eigenvalue weighted by molar-refractivity contribution is 0.156. The summed E-state index contributed by atoms with van der Waals surface area (Å²) in [4.78, 5) is 2.45. The first kappa shape index (κ1) is 12.6. The second-order valence-corrected chi connectivity index (χ2v) is 7.99. The number of hydrogen-bond acceptors (Lipinski definition) is 3. The Kier molecular flexibility index (Phi) is 3.24. The molecule has 0 amide bonds. The largest absolute Gasteiger partial charge is 0.300 e. The molecule has 0 unspecified atom stereocenters. The summed E-state index contributed by atoms with van der Waals surface area (Å²) in [6.07, 6.45) is 8.78. The van der Waals surface area contributed by atoms with Gasteiger partial charge in [0.1, 0.15) is 0 Å². The Morgan fingerprint density at radius 2 is 1.83 bits per heavy atom. The van der Waals surface area contributed by atoms with Gasteiger partial charge in [0.25, 0.3) is 0 Å². The van der Waals surface area contributed by atoms with E-state index in [1.165, 1.54) is 19.1 Å². The maximum absolute atomic E-state index is 11.4. The number of rotatable bonds is 3. The molecule has 0 aromatic carbocycles. The Balaban J connectivity index is 1.50. The zero-order valence-corrected chi connectivity index (χ0v) is 11.8. The van der Waals surface area contributed by atoms with Gasteiger partial charge in [0, 0.05) is 32.7 Å². The predicted molar refractivity (Wildman–Crippen MR) is 71.7 cm³/mol. The lowest BCUT2D eigenvalue weighted by Crippen LogP contribution is -2.49. The summed E-state index contributed by atoms with van der Waals surface area (Å²) in [6, 6.07) is 0. The number of sulfonamides is 1. The minimum absolute atomic E-state index is 0.662. The summed E-state index contributed by atoms with van der Waals surface area (Å²) in [5, 5.41) is 0. The molecule has 1 saturated carbocycles. The molecule has 0 N–H and O–H groups in total. The van der Waals surface area contributed by atoms with Gasteiger partial charge in [0.15, 0.2) is 0 Å². The zero-order valence-electron chi connectivity index (χ0n) is 11.0. The number of allylic oxidation sites excluding steroid dienone is 2. The third-order valence-corrected chi connectivity index (χ3v) is 6.01. The van der Waals surface area contributed by atoms with Crippen molar-refractivity contribution in [3.8, 4) is 0 Å². The highest BCUT2D eigenvalue weighted by molar-refractivity contribution is 7.88. The Labute approximate surface area is 110 Å². The molecule has 2 fully saturated rings. The number of piperazine rings is 1. The van der Waals surface area contributed by atoms with Crippen LogP contribution in [0.5, 0.6) is 0 Å². The van der Waals surface area contributed by atoms with Gasteiger partial charge in [0.05, 0.1) is 6.26 Å². The molecule has 1 saturated heterocycles. The van der Waals surface area contributed by atoms with E-state index < -0.39 is 10.0 Å². The van der Waals surface area contributed by atoms with Gasteiger partial charge in [-0.3, -0.25) is 0 Å². The molecule has 2 bridgehead atoms. The fraction of sp³-hybridized carbons (Fsp3) is 0.846. The van der Waals surface area contributed by atoms with Crippen LogP contribution in [-0.2, 0) is 10.0 Å². The van der Waals surface area contributed by atoms with E-state index in [2.05, 4.69) is 17.1 Å². The highest BCUT2D eigenvalue weighted by atomic mass is 32.2. The van der Waals surface area contributed by atoms with Crippen LogP contribution >= 0.6 is 0 Å². The molecule has 1 heterocycles. The first-order valence-electron chi connectivity index (χ1n) is 6.88. The van der Waals surface area contributed by atoms with E-state index in [0.29, 0.717) is 13.1 Å². The molecule has 0 radical (unpaired) electrons. The smallest absolute Gasteiger partial charge is 0.211 e. The van der Waals surface area contributed by atoms with Gasteiger partial charge in [-0.1, -0.05) is 12.2 Å². The van der Waals surface area contributed by atoms with Crippen molar-refractivity contribution in [2.24, 2.45) is 17.8 Å². The quantitative estimate of drug-likeness (QED) is 0.712. The third-order valence-electron chi connectivity index (χ3n) is 4.71. The van der Waals surface area contributed by atoms with Gasteiger partial charge in [0.2, 0.25) is 10.0 Å². The van der Waals surface area contributed by atoms with Crippen LogP contribution in [-0.4, -0.2) is 56.6 Å². The summed E-state index contributed by atoms with van der Waals surface area (Å²) in [6.45, 7) is 4.27. The van der Waals surface area contributed by atoms with Crippen LogP contribution < -0.4 is 0 Å². The van der Waals surface area contributed by atoms with E-state index >= 15 is 0 Å². The van der Waals surface area contributed by atoms with Crippen LogP contribution in [0.1, 0.15) is 12.8 Å². The van der Waals surface area contributed by atoms with Crippen LogP contribution in [0.2, 0.25) is 0 Å². The van der Waals surface area contributed by atoms with Crippen molar-refractivity contribution in [2.45, 2.75) is 12.8 Å². The predicted octanol–water partition coefficient (Wildman–Crippen LogP) is 0.776. The van der Waals surface area contributed by atoms with E-state index in [4.69, 9.17) is 0 Å². The van der Waals surface area contributed by atoms with E-state index in [1.807, 2.05) is 0 Å². The van der Waals surface area contributed by atoms with Crippen molar-refractivity contribution >= 4 is 10.0 Å². The molecule has 102 valence electrons. The number of nitrogens with zero attached hydrogens (tertiary/aromatic N) is 2. The van der Waals surface area contributed by atoms with E-state index in [1.54, 1.807) is 4.31 Å². The minimum atomic E-state index is -2.99. The standard InChI is InChI=1S/C13H22N2O2S/c1-18(16,17)15-6-4-14(5-7-15)10-13-9-11-2-3-12(13)8-11/h2-3,11-13H,4-10H2,1H3/t11-,12-,13+/m0/s1. The van der Waals surface area contributed by atoms with Crippen molar-refractivity contribution in [3.63, 3.8) is 0 Å². The molecular formula is C13H22N2O2S. The van der Waals surface area contributed by atoms with Crippen molar-refractivity contribution in [1.29, 1.82) is 0 Å². The first-order chi connectivity index (χ1) is 8.52. The average molecular weight is 270 g/mol. The number of fused-ring (bicyclic) bond motifs is 2. The molecular weight excluding hydrogens is 248 g/mol. The average Bonchev–Trinajstić information content (AvgIpc) is 2.90. The molecule has 4 nitrogen and oxygen atoms in total. The minimum Gasteiger partial charge on any atom is -0.300 e. The molecule has 18 heavy (non-hydrogen) atoms. The van der Waals surface area contributed by atoms with E-state index in [9.17, 15) is 8.42 Å². The lowest BCUT2D eigenvalue weighted by Gasteiger charge is -2.35. The Bertz CT molecular complexity index is 438. The Morgan fingerprint density at radius 1 is 1.11 bits per heavy atom. The van der Waals surface area contributed by atoms with Crippen molar-refractivity contribution < 1.29 is 8.42 Å². The summed E-state index contributed by atoms with van der Waals surface area (Å²) < 4.78 is 24.5. The molecule has 3 rings (SSSR count). The maximum atomic E-state index is 11.4. The molecule has 0 spiro atoms. The monoisotopic (exact) mass is 270 g/mol. The summed E-state index contributed by atoms with van der Waals surface area (Å²) in [5.74, 6) is 2.44. The van der Waals surface area contributed by atoms with Crippen LogP contribution in [0.15, 0.2) is 12.2 Å². The van der Waals surface area contributed by atoms with Crippen molar-refractivity contribution in [3.05, 3.63) is 12.2 Å². The first-order valence-corrected chi connectivity index (χ1v) is 8.73. The molecule has 1 aliphatic heterocycles. The van der Waals surface area contributed by atoms with E-state index in [-0.39, 0.29) is 0 Å². The molecule has 0 aromatic rings. The SMILES string of the molecule is CS(=O)(=O)N1CCN(C[C@H]2C[C@H]3C=C[C@H]2C3)CC1. The van der Waals surface area contributed by atoms with Gasteiger partial charge < -0.3 is 4.90 Å². The van der Waals surface area contributed by atoms with Crippen LogP contribution in [0.25, 0.3) is 0 Å². The van der Waals surface area contributed by atoms with Gasteiger partial charge in [-0.15, -0.1) is 0 Å². The van der Waals surface area contributed by atoms with Crippen LogP contribution in [0, 0.1) is 17.8 Å². The lowest BCUT2D eigenvalue weighted by atomic mass is 9.93. The Morgan fingerprint density at radius 3 is 2.33 bits per heavy atom. The van der Waals surface area contributed by atoms with Gasteiger partial charge in [-0.05, 0) is 30.6 Å². The van der Waals surface area contributed by atoms with E-state index in [0.717, 1.165) is 37.4 Å². The van der Waals surface area contributed by atoms with Crippen LogP contribution in [0.4, 0.5) is 0 Å². The van der Waals surface area contributed by atoms with Crippen LogP contribution in [0.3, 0.4) is 0 Å². The summed E-state index contributed by atoms with van der Waals surface area (Å²) in [7, 11) is -2.99. The molecule has 0 aromatic heterocycles. The molecule has 3 atom stereocenters. The summed E-state index contributed by atoms with van der Waals surface area (Å²) in [5.41, 5.74) is 0. The maximum Gasteiger partial charge on any atom is 0.211 e. The Hall–Kier alpha value is -0.390. The highest BCUT2D eigenvalue weighted by Gasteiger charge is 2.37. The normalized spacial score (nSPS) is 37.5. The third kappa shape index (κ3) is 2.49. The second-order valence-electron chi connectivity index (χ2n) is 6.00. The second kappa shape index (κ2) is 4.62.